The van der Waals surface area contributed by atoms with Crippen LogP contribution in [0.15, 0.2) is 72.8 Å². The Morgan fingerprint density at radius 2 is 0.655 bits per heavy atom. The van der Waals surface area contributed by atoms with Gasteiger partial charge in [0.1, 0.15) is 0 Å². The average Bonchev–Trinajstić information content (AvgIpc) is 2.58. The van der Waals surface area contributed by atoms with Gasteiger partial charge in [0.15, 0.2) is 0 Å². The van der Waals surface area contributed by atoms with Gasteiger partial charge in [-0.3, -0.25) is 0 Å². The van der Waals surface area contributed by atoms with Crippen molar-refractivity contribution in [2.45, 2.75) is 20.8 Å². The number of hydrogen-bond donors (Lipinski definition) is 0. The van der Waals surface area contributed by atoms with Crippen LogP contribution in [0.2, 0.25) is 0 Å². The summed E-state index contributed by atoms with van der Waals surface area (Å²) in [5.74, 6) is 1.29. The minimum atomic E-state index is -4.33. The molecule has 0 aromatic heterocycles. The van der Waals surface area contributed by atoms with Crippen molar-refractivity contribution in [3.63, 3.8) is 0 Å². The van der Waals surface area contributed by atoms with Crippen LogP contribution >= 0.6 is 44.1 Å². The number of rotatable bonds is 3. The molecule has 156 valence electrons. The van der Waals surface area contributed by atoms with Gasteiger partial charge in [0.25, 0.3) is 0 Å². The van der Waals surface area contributed by atoms with Gasteiger partial charge in [0.05, 0.1) is 22.6 Å². The summed E-state index contributed by atoms with van der Waals surface area (Å²) in [6.45, 7) is 6.38. The van der Waals surface area contributed by atoms with Crippen molar-refractivity contribution in [3.05, 3.63) is 112 Å². The molecule has 0 atom stereocenters. The summed E-state index contributed by atoms with van der Waals surface area (Å²) in [5.41, 5.74) is 7.65. The topological polar surface area (TPSA) is 0 Å². The molecule has 0 heterocycles. The Hall–Kier alpha value is 0.0882. The van der Waals surface area contributed by atoms with Crippen molar-refractivity contribution < 1.29 is 12.4 Å². The molecule has 0 radical (unpaired) electrons. The quantitative estimate of drug-likeness (QED) is 0.201. The van der Waals surface area contributed by atoms with Crippen molar-refractivity contribution in [1.29, 1.82) is 0 Å². The van der Waals surface area contributed by atoms with Gasteiger partial charge in [-0.2, -0.15) is 0 Å². The van der Waals surface area contributed by atoms with Crippen LogP contribution in [-0.4, -0.2) is 11.7 Å². The zero-order valence-corrected chi connectivity index (χ0v) is 23.2. The second-order valence-corrected chi connectivity index (χ2v) is 44.5. The van der Waals surface area contributed by atoms with Crippen LogP contribution in [0.25, 0.3) is 0 Å². The second-order valence-electron chi connectivity index (χ2n) is 6.61. The average molecular weight is 620 g/mol. The molecular weight excluding hydrogens is 599 g/mol. The van der Waals surface area contributed by atoms with Gasteiger partial charge in [-0.15, -0.1) is 0 Å². The molecule has 3 aromatic rings. The third-order valence-corrected chi connectivity index (χ3v) is 4.02. The summed E-state index contributed by atoms with van der Waals surface area (Å²) in [4.78, 5) is 0. The van der Waals surface area contributed by atoms with Crippen molar-refractivity contribution in [1.82, 2.24) is 0 Å². The van der Waals surface area contributed by atoms with Crippen molar-refractivity contribution >= 4 is 55.8 Å². The van der Waals surface area contributed by atoms with Gasteiger partial charge >= 0.3 is 55.8 Å². The molecular formula is C22H21Cl6Sb. The molecule has 0 aliphatic rings. The Morgan fingerprint density at radius 3 is 0.828 bits per heavy atom. The van der Waals surface area contributed by atoms with E-state index in [1.165, 1.54) is 39.3 Å². The zero-order valence-electron chi connectivity index (χ0n) is 16.1. The summed E-state index contributed by atoms with van der Waals surface area (Å²) >= 11 is -4.33. The second kappa shape index (κ2) is 11.1. The van der Waals surface area contributed by atoms with Crippen LogP contribution in [0.4, 0.5) is 0 Å². The first-order valence-corrected chi connectivity index (χ1v) is 24.7. The van der Waals surface area contributed by atoms with E-state index in [1.54, 1.807) is 0 Å². The molecule has 0 nitrogen and oxygen atoms in total. The fourth-order valence-corrected chi connectivity index (χ4v) is 2.66. The normalized spacial score (nSPS) is 11.9. The SMILES string of the molecule is Cc1ccc([C+](c2ccc(C)cc2)c2ccc(C)cc2)cc1.[Cl-].[Cl][Sb]([Cl])([Cl])([Cl])[Cl]. The first kappa shape index (κ1) is 27.1. The molecule has 0 fully saturated rings. The van der Waals surface area contributed by atoms with E-state index in [0.717, 1.165) is 0 Å². The molecule has 0 saturated carbocycles. The third kappa shape index (κ3) is 10.8. The van der Waals surface area contributed by atoms with Gasteiger partial charge in [0.2, 0.25) is 0 Å². The maximum atomic E-state index is 5.05. The number of benzene rings is 3. The van der Waals surface area contributed by atoms with Crippen LogP contribution in [0, 0.1) is 26.7 Å². The van der Waals surface area contributed by atoms with Gasteiger partial charge in [-0.05, 0) is 110 Å². The number of halogens is 6. The van der Waals surface area contributed by atoms with Crippen LogP contribution in [-0.2, 0) is 0 Å². The number of hydrogen-bond acceptors (Lipinski definition) is 0. The molecule has 0 aliphatic carbocycles. The Bertz CT molecular complexity index is 770. The molecule has 0 saturated heterocycles. The Balaban J connectivity index is 0.000000529. The van der Waals surface area contributed by atoms with Crippen LogP contribution in [0.5, 0.6) is 0 Å². The molecule has 0 aliphatic heterocycles. The van der Waals surface area contributed by atoms with Gasteiger partial charge in [0, 0.05) is 0 Å². The summed E-state index contributed by atoms with van der Waals surface area (Å²) in [6.07, 6.45) is 0. The van der Waals surface area contributed by atoms with Gasteiger partial charge < -0.3 is 12.4 Å². The molecule has 7 heteroatoms. The monoisotopic (exact) mass is 616 g/mol. The van der Waals surface area contributed by atoms with Gasteiger partial charge in [-0.25, -0.2) is 0 Å². The fraction of sp³-hybridized carbons (Fsp3) is 0.136. The predicted molar refractivity (Wildman–Crippen MR) is 129 cm³/mol. The van der Waals surface area contributed by atoms with E-state index in [0.29, 0.717) is 0 Å². The standard InChI is InChI=1S/C22H21.6ClH.Sb/c1-16-4-10-19(11-5-16)22(20-12-6-17(2)7-13-20)21-14-8-18(3)9-15-21;;;;;;;/h4-15H,1-3H3;6*1H;/q+1;;;;;;;+5/p-6. The molecule has 29 heavy (non-hydrogen) atoms. The molecule has 3 aromatic carbocycles. The summed E-state index contributed by atoms with van der Waals surface area (Å²) < 4.78 is 0. The van der Waals surface area contributed by atoms with Crippen molar-refractivity contribution in [2.24, 2.45) is 0 Å². The maximum absolute atomic E-state index is 5.05. The van der Waals surface area contributed by atoms with Gasteiger partial charge in [-0.1, -0.05) is 0 Å². The molecule has 0 bridgehead atoms. The van der Waals surface area contributed by atoms with E-state index in [9.17, 15) is 0 Å². The van der Waals surface area contributed by atoms with E-state index in [4.69, 9.17) is 44.1 Å². The summed E-state index contributed by atoms with van der Waals surface area (Å²) in [5, 5.41) is 0. The molecule has 0 unspecified atom stereocenters. The van der Waals surface area contributed by atoms with E-state index < -0.39 is 11.7 Å². The van der Waals surface area contributed by atoms with E-state index in [2.05, 4.69) is 93.6 Å². The van der Waals surface area contributed by atoms with E-state index in [1.807, 2.05) is 0 Å². The minimum absolute atomic E-state index is 0. The first-order chi connectivity index (χ1) is 12.9. The zero-order chi connectivity index (χ0) is 21.0. The Morgan fingerprint density at radius 1 is 0.483 bits per heavy atom. The molecule has 3 rings (SSSR count). The van der Waals surface area contributed by atoms with Crippen molar-refractivity contribution in [3.8, 4) is 0 Å². The van der Waals surface area contributed by atoms with E-state index in [-0.39, 0.29) is 12.4 Å². The Kier molecular flexibility index (Phi) is 10.4. The Labute approximate surface area is 199 Å². The van der Waals surface area contributed by atoms with Crippen molar-refractivity contribution in [2.75, 3.05) is 0 Å². The molecule has 0 amide bonds. The number of aryl methyl sites for hydroxylation is 3. The van der Waals surface area contributed by atoms with E-state index >= 15 is 0 Å². The fourth-order valence-electron chi connectivity index (χ4n) is 2.66. The third-order valence-electron chi connectivity index (χ3n) is 4.02. The molecule has 0 spiro atoms. The van der Waals surface area contributed by atoms with Crippen LogP contribution < -0.4 is 12.4 Å². The van der Waals surface area contributed by atoms with Crippen LogP contribution in [0.3, 0.4) is 0 Å². The van der Waals surface area contributed by atoms with Crippen LogP contribution in [0.1, 0.15) is 33.4 Å². The predicted octanol–water partition coefficient (Wildman–Crippen LogP) is 5.70. The summed E-state index contributed by atoms with van der Waals surface area (Å²) in [6, 6.07) is 26.3. The first-order valence-electron chi connectivity index (χ1n) is 8.56. The molecule has 0 N–H and O–H groups in total. The summed E-state index contributed by atoms with van der Waals surface area (Å²) in [7, 11) is 25.2.